The molecule has 0 aliphatic heterocycles. The van der Waals surface area contributed by atoms with Crippen LogP contribution in [0, 0.1) is 0 Å². The van der Waals surface area contributed by atoms with Crippen molar-refractivity contribution in [2.75, 3.05) is 25.6 Å². The number of ether oxygens (including phenoxy) is 1. The summed E-state index contributed by atoms with van der Waals surface area (Å²) < 4.78 is 6.07. The molecule has 0 bridgehead atoms. The van der Waals surface area contributed by atoms with Crippen LogP contribution in [0.25, 0.3) is 22.2 Å². The standard InChI is InChI=1S/C17H16BrN3O/c1-22-10-9-19-17-20-15-8-7-13(18)11-14(15)16(21-17)12-5-3-2-4-6-12/h2-8,11H,9-10H2,1H3,(H,19,20,21). The summed E-state index contributed by atoms with van der Waals surface area (Å²) in [5.74, 6) is 0.616. The number of aromatic nitrogens is 2. The molecule has 1 N–H and O–H groups in total. The molecule has 1 aromatic heterocycles. The van der Waals surface area contributed by atoms with Crippen molar-refractivity contribution in [1.29, 1.82) is 0 Å². The lowest BCUT2D eigenvalue weighted by Crippen LogP contribution is -2.10. The zero-order valence-corrected chi connectivity index (χ0v) is 13.8. The van der Waals surface area contributed by atoms with Crippen molar-refractivity contribution in [2.45, 2.75) is 0 Å². The molecule has 1 heterocycles. The van der Waals surface area contributed by atoms with Gasteiger partial charge in [-0.2, -0.15) is 0 Å². The predicted molar refractivity (Wildman–Crippen MR) is 93.0 cm³/mol. The molecule has 0 aliphatic carbocycles. The number of fused-ring (bicyclic) bond motifs is 1. The van der Waals surface area contributed by atoms with Crippen LogP contribution in [-0.4, -0.2) is 30.2 Å². The summed E-state index contributed by atoms with van der Waals surface area (Å²) in [5, 5.41) is 4.23. The van der Waals surface area contributed by atoms with E-state index >= 15 is 0 Å². The van der Waals surface area contributed by atoms with Gasteiger partial charge in [-0.05, 0) is 18.2 Å². The first kappa shape index (κ1) is 14.9. The Bertz CT molecular complexity index is 777. The van der Waals surface area contributed by atoms with Gasteiger partial charge in [-0.3, -0.25) is 0 Å². The molecule has 0 amide bonds. The molecule has 0 saturated heterocycles. The molecule has 3 rings (SSSR count). The number of rotatable bonds is 5. The Balaban J connectivity index is 2.11. The van der Waals surface area contributed by atoms with Gasteiger partial charge >= 0.3 is 0 Å². The molecular weight excluding hydrogens is 342 g/mol. The fourth-order valence-electron chi connectivity index (χ4n) is 2.26. The van der Waals surface area contributed by atoms with Crippen LogP contribution in [0.4, 0.5) is 5.95 Å². The summed E-state index contributed by atoms with van der Waals surface area (Å²) in [6.45, 7) is 1.29. The Morgan fingerprint density at radius 1 is 1.09 bits per heavy atom. The second kappa shape index (κ2) is 6.85. The molecule has 0 saturated carbocycles. The van der Waals surface area contributed by atoms with E-state index in [2.05, 4.69) is 49.4 Å². The summed E-state index contributed by atoms with van der Waals surface area (Å²) in [6.07, 6.45) is 0. The molecular formula is C17H16BrN3O. The third-order valence-electron chi connectivity index (χ3n) is 3.29. The van der Waals surface area contributed by atoms with Gasteiger partial charge in [0.2, 0.25) is 5.95 Å². The van der Waals surface area contributed by atoms with E-state index in [1.807, 2.05) is 30.3 Å². The molecule has 0 aliphatic rings. The highest BCUT2D eigenvalue weighted by Crippen LogP contribution is 2.29. The minimum absolute atomic E-state index is 0.613. The molecule has 4 nitrogen and oxygen atoms in total. The van der Waals surface area contributed by atoms with E-state index in [-0.39, 0.29) is 0 Å². The van der Waals surface area contributed by atoms with Gasteiger partial charge in [0.25, 0.3) is 0 Å². The normalized spacial score (nSPS) is 10.8. The lowest BCUT2D eigenvalue weighted by Gasteiger charge is -2.10. The van der Waals surface area contributed by atoms with Crippen LogP contribution < -0.4 is 5.32 Å². The molecule has 22 heavy (non-hydrogen) atoms. The van der Waals surface area contributed by atoms with Gasteiger partial charge in [-0.15, -0.1) is 0 Å². The lowest BCUT2D eigenvalue weighted by molar-refractivity contribution is 0.210. The lowest BCUT2D eigenvalue weighted by atomic mass is 10.1. The number of benzene rings is 2. The molecule has 3 aromatic rings. The maximum Gasteiger partial charge on any atom is 0.223 e. The first-order valence-electron chi connectivity index (χ1n) is 7.03. The van der Waals surface area contributed by atoms with Crippen LogP contribution in [-0.2, 0) is 4.74 Å². The third-order valence-corrected chi connectivity index (χ3v) is 3.79. The van der Waals surface area contributed by atoms with E-state index in [0.717, 1.165) is 26.6 Å². The quantitative estimate of drug-likeness (QED) is 0.697. The average molecular weight is 358 g/mol. The minimum Gasteiger partial charge on any atom is -0.383 e. The van der Waals surface area contributed by atoms with E-state index in [0.29, 0.717) is 19.1 Å². The Kier molecular flexibility index (Phi) is 4.65. The highest BCUT2D eigenvalue weighted by Gasteiger charge is 2.10. The van der Waals surface area contributed by atoms with Crippen LogP contribution in [0.2, 0.25) is 0 Å². The van der Waals surface area contributed by atoms with E-state index in [4.69, 9.17) is 4.74 Å². The first-order chi connectivity index (χ1) is 10.8. The van der Waals surface area contributed by atoms with Crippen LogP contribution >= 0.6 is 15.9 Å². The summed E-state index contributed by atoms with van der Waals surface area (Å²) >= 11 is 3.52. The third kappa shape index (κ3) is 3.26. The van der Waals surface area contributed by atoms with Crippen molar-refractivity contribution >= 4 is 32.8 Å². The smallest absolute Gasteiger partial charge is 0.223 e. The maximum absolute atomic E-state index is 5.06. The Morgan fingerprint density at radius 3 is 2.68 bits per heavy atom. The zero-order valence-electron chi connectivity index (χ0n) is 12.2. The van der Waals surface area contributed by atoms with Crippen molar-refractivity contribution in [2.24, 2.45) is 0 Å². The number of nitrogens with one attached hydrogen (secondary N) is 1. The minimum atomic E-state index is 0.613. The van der Waals surface area contributed by atoms with Crippen molar-refractivity contribution in [3.05, 3.63) is 53.0 Å². The number of hydrogen-bond acceptors (Lipinski definition) is 4. The van der Waals surface area contributed by atoms with Crippen molar-refractivity contribution in [1.82, 2.24) is 9.97 Å². The SMILES string of the molecule is COCCNc1nc(-c2ccccc2)c2cc(Br)ccc2n1. The van der Waals surface area contributed by atoms with E-state index in [1.54, 1.807) is 7.11 Å². The average Bonchev–Trinajstić information content (AvgIpc) is 2.55. The highest BCUT2D eigenvalue weighted by atomic mass is 79.9. The Morgan fingerprint density at radius 2 is 1.91 bits per heavy atom. The monoisotopic (exact) mass is 357 g/mol. The van der Waals surface area contributed by atoms with Crippen molar-refractivity contribution < 1.29 is 4.74 Å². The summed E-state index contributed by atoms with van der Waals surface area (Å²) in [7, 11) is 1.68. The second-order valence-electron chi connectivity index (χ2n) is 4.84. The first-order valence-corrected chi connectivity index (χ1v) is 7.83. The largest absolute Gasteiger partial charge is 0.383 e. The van der Waals surface area contributed by atoms with Gasteiger partial charge in [-0.25, -0.2) is 9.97 Å². The predicted octanol–water partition coefficient (Wildman–Crippen LogP) is 4.12. The van der Waals surface area contributed by atoms with Gasteiger partial charge in [-0.1, -0.05) is 46.3 Å². The molecule has 2 aromatic carbocycles. The van der Waals surface area contributed by atoms with E-state index in [1.165, 1.54) is 0 Å². The second-order valence-corrected chi connectivity index (χ2v) is 5.76. The molecule has 0 atom stereocenters. The Hall–Kier alpha value is -1.98. The molecule has 5 heteroatoms. The van der Waals surface area contributed by atoms with Crippen LogP contribution in [0.5, 0.6) is 0 Å². The summed E-state index contributed by atoms with van der Waals surface area (Å²) in [4.78, 5) is 9.26. The number of hydrogen-bond donors (Lipinski definition) is 1. The maximum atomic E-state index is 5.06. The van der Waals surface area contributed by atoms with Crippen molar-refractivity contribution in [3.63, 3.8) is 0 Å². The van der Waals surface area contributed by atoms with Gasteiger partial charge in [0.15, 0.2) is 0 Å². The topological polar surface area (TPSA) is 47.0 Å². The zero-order chi connectivity index (χ0) is 15.4. The fraction of sp³-hybridized carbons (Fsp3) is 0.176. The Labute approximate surface area is 137 Å². The van der Waals surface area contributed by atoms with Crippen LogP contribution in [0.1, 0.15) is 0 Å². The van der Waals surface area contributed by atoms with E-state index in [9.17, 15) is 0 Å². The molecule has 0 unspecified atom stereocenters. The molecule has 0 fully saturated rings. The van der Waals surface area contributed by atoms with E-state index < -0.39 is 0 Å². The van der Waals surface area contributed by atoms with Gasteiger partial charge in [0.1, 0.15) is 0 Å². The van der Waals surface area contributed by atoms with Gasteiger partial charge in [0, 0.05) is 29.1 Å². The summed E-state index contributed by atoms with van der Waals surface area (Å²) in [6, 6.07) is 16.2. The highest BCUT2D eigenvalue weighted by molar-refractivity contribution is 9.10. The van der Waals surface area contributed by atoms with Crippen LogP contribution in [0.15, 0.2) is 53.0 Å². The number of anilines is 1. The number of methoxy groups -OCH3 is 1. The molecule has 112 valence electrons. The van der Waals surface area contributed by atoms with Crippen LogP contribution in [0.3, 0.4) is 0 Å². The number of nitrogens with zero attached hydrogens (tertiary/aromatic N) is 2. The molecule has 0 radical (unpaired) electrons. The van der Waals surface area contributed by atoms with Gasteiger partial charge in [0.05, 0.1) is 17.8 Å². The fourth-order valence-corrected chi connectivity index (χ4v) is 2.62. The van der Waals surface area contributed by atoms with Crippen molar-refractivity contribution in [3.8, 4) is 11.3 Å². The number of halogens is 1. The molecule has 0 spiro atoms. The summed E-state index contributed by atoms with van der Waals surface area (Å²) in [5.41, 5.74) is 2.91. The van der Waals surface area contributed by atoms with Gasteiger partial charge < -0.3 is 10.1 Å².